The maximum Gasteiger partial charge on any atom is 0.318 e. The maximum atomic E-state index is 10.2. The Kier molecular flexibility index (Phi) is 1.57. The standard InChI is InChI=1S/C5H7N4O/c1-3-2-7-5(8-3)9-4(6)10/h1H3,(H4,6,7,8,9,10). The minimum absolute atomic E-state index is 0.324. The molecule has 0 atom stereocenters. The third-order valence-electron chi connectivity index (χ3n) is 0.883. The van der Waals surface area contributed by atoms with Crippen molar-refractivity contribution in [2.75, 3.05) is 5.32 Å². The zero-order chi connectivity index (χ0) is 7.56. The highest BCUT2D eigenvalue weighted by Gasteiger charge is 1.97. The van der Waals surface area contributed by atoms with Crippen LogP contribution in [-0.2, 0) is 0 Å². The SMILES string of the molecule is Cc1[c]nc(NC(N)=O)[nH]1. The molecule has 1 aromatic heterocycles. The van der Waals surface area contributed by atoms with E-state index in [1.165, 1.54) is 0 Å². The fraction of sp³-hybridized carbons (Fsp3) is 0.200. The van der Waals surface area contributed by atoms with E-state index in [1.54, 1.807) is 6.92 Å². The van der Waals surface area contributed by atoms with Gasteiger partial charge in [-0.3, -0.25) is 5.32 Å². The molecule has 0 spiro atoms. The Balaban J connectivity index is 2.67. The predicted molar refractivity (Wildman–Crippen MR) is 35.4 cm³/mol. The van der Waals surface area contributed by atoms with Crippen molar-refractivity contribution in [1.29, 1.82) is 0 Å². The fourth-order valence-electron chi connectivity index (χ4n) is 0.549. The van der Waals surface area contributed by atoms with Crippen molar-refractivity contribution in [1.82, 2.24) is 9.97 Å². The highest BCUT2D eigenvalue weighted by molar-refractivity contribution is 5.85. The Labute approximate surface area is 57.6 Å². The van der Waals surface area contributed by atoms with Crippen molar-refractivity contribution >= 4 is 12.0 Å². The number of nitrogens with zero attached hydrogens (tertiary/aromatic N) is 1. The molecule has 1 radical (unpaired) electrons. The van der Waals surface area contributed by atoms with Crippen LogP contribution in [0.5, 0.6) is 0 Å². The molecule has 0 unspecified atom stereocenters. The normalized spacial score (nSPS) is 9.30. The number of aryl methyl sites for hydroxylation is 1. The average Bonchev–Trinajstić information content (AvgIpc) is 2.13. The number of H-pyrrole nitrogens is 1. The predicted octanol–water partition coefficient (Wildman–Crippen LogP) is 0.00891. The Morgan fingerprint density at radius 2 is 2.60 bits per heavy atom. The van der Waals surface area contributed by atoms with Gasteiger partial charge in [0.15, 0.2) is 0 Å². The van der Waals surface area contributed by atoms with E-state index in [0.717, 1.165) is 5.69 Å². The van der Waals surface area contributed by atoms with E-state index in [9.17, 15) is 4.79 Å². The number of nitrogens with one attached hydrogen (secondary N) is 2. The van der Waals surface area contributed by atoms with Gasteiger partial charge in [0.2, 0.25) is 5.95 Å². The average molecular weight is 139 g/mol. The minimum atomic E-state index is -0.636. The lowest BCUT2D eigenvalue weighted by Gasteiger charge is -1.92. The summed E-state index contributed by atoms with van der Waals surface area (Å²) in [4.78, 5) is 16.6. The van der Waals surface area contributed by atoms with Gasteiger partial charge >= 0.3 is 6.03 Å². The monoisotopic (exact) mass is 139 g/mol. The number of hydrogen-bond acceptors (Lipinski definition) is 2. The van der Waals surface area contributed by atoms with Crippen molar-refractivity contribution in [2.45, 2.75) is 6.92 Å². The summed E-state index contributed by atoms with van der Waals surface area (Å²) in [6.07, 6.45) is 2.60. The summed E-state index contributed by atoms with van der Waals surface area (Å²) in [7, 11) is 0. The first-order valence-electron chi connectivity index (χ1n) is 2.69. The molecular weight excluding hydrogens is 132 g/mol. The number of aromatic amines is 1. The van der Waals surface area contributed by atoms with Gasteiger partial charge < -0.3 is 10.7 Å². The van der Waals surface area contributed by atoms with Crippen LogP contribution in [0.3, 0.4) is 0 Å². The molecule has 0 fully saturated rings. The number of primary amides is 1. The molecule has 10 heavy (non-hydrogen) atoms. The molecule has 1 aromatic rings. The molecule has 1 heterocycles. The lowest BCUT2D eigenvalue weighted by atomic mass is 10.6. The molecule has 0 aliphatic carbocycles. The number of nitrogens with two attached hydrogens (primary N) is 1. The number of hydrogen-bond donors (Lipinski definition) is 3. The molecule has 0 saturated heterocycles. The Morgan fingerprint density at radius 1 is 1.90 bits per heavy atom. The van der Waals surface area contributed by atoms with Crippen LogP contribution in [0.1, 0.15) is 5.69 Å². The van der Waals surface area contributed by atoms with Gasteiger partial charge in [0.1, 0.15) is 6.20 Å². The molecule has 5 nitrogen and oxygen atoms in total. The summed E-state index contributed by atoms with van der Waals surface area (Å²) in [6, 6.07) is -0.636. The van der Waals surface area contributed by atoms with Crippen molar-refractivity contribution in [3.8, 4) is 0 Å². The van der Waals surface area contributed by atoms with E-state index in [4.69, 9.17) is 5.73 Å². The highest BCUT2D eigenvalue weighted by atomic mass is 16.2. The number of anilines is 1. The van der Waals surface area contributed by atoms with Gasteiger partial charge in [0.05, 0.1) is 0 Å². The summed E-state index contributed by atoms with van der Waals surface area (Å²) in [5, 5.41) is 2.27. The van der Waals surface area contributed by atoms with Gasteiger partial charge in [-0.15, -0.1) is 0 Å². The second kappa shape index (κ2) is 2.38. The fourth-order valence-corrected chi connectivity index (χ4v) is 0.549. The zero-order valence-electron chi connectivity index (χ0n) is 5.43. The van der Waals surface area contributed by atoms with Crippen LogP contribution < -0.4 is 11.1 Å². The van der Waals surface area contributed by atoms with Crippen LogP contribution in [0.4, 0.5) is 10.7 Å². The van der Waals surface area contributed by atoms with E-state index in [1.807, 2.05) is 0 Å². The van der Waals surface area contributed by atoms with Crippen molar-refractivity contribution in [2.24, 2.45) is 5.73 Å². The first-order chi connectivity index (χ1) is 4.68. The Morgan fingerprint density at radius 3 is 3.00 bits per heavy atom. The van der Waals surface area contributed by atoms with Crippen LogP contribution in [0.15, 0.2) is 0 Å². The molecule has 0 aromatic carbocycles. The maximum absolute atomic E-state index is 10.2. The number of carbonyl (C=O) groups is 1. The van der Waals surface area contributed by atoms with Crippen LogP contribution in [0, 0.1) is 13.1 Å². The summed E-state index contributed by atoms with van der Waals surface area (Å²) >= 11 is 0. The quantitative estimate of drug-likeness (QED) is 0.512. The lowest BCUT2D eigenvalue weighted by Crippen LogP contribution is -2.19. The molecule has 1 rings (SSSR count). The number of carbonyl (C=O) groups excluding carboxylic acids is 1. The minimum Gasteiger partial charge on any atom is -0.351 e. The topological polar surface area (TPSA) is 83.8 Å². The van der Waals surface area contributed by atoms with Gasteiger partial charge in [0.25, 0.3) is 0 Å². The van der Waals surface area contributed by atoms with Crippen molar-refractivity contribution < 1.29 is 4.79 Å². The summed E-state index contributed by atoms with van der Waals surface area (Å²) in [6.45, 7) is 1.78. The van der Waals surface area contributed by atoms with Crippen molar-refractivity contribution in [3.63, 3.8) is 0 Å². The molecular formula is C5H7N4O. The second-order valence-corrected chi connectivity index (χ2v) is 1.81. The van der Waals surface area contributed by atoms with Gasteiger partial charge in [-0.25, -0.2) is 9.78 Å². The van der Waals surface area contributed by atoms with Crippen LogP contribution in [0.25, 0.3) is 0 Å². The molecule has 0 bridgehead atoms. The van der Waals surface area contributed by atoms with E-state index in [2.05, 4.69) is 21.5 Å². The summed E-state index contributed by atoms with van der Waals surface area (Å²) < 4.78 is 0. The van der Waals surface area contributed by atoms with E-state index >= 15 is 0 Å². The molecule has 53 valence electrons. The number of amides is 2. The first-order valence-corrected chi connectivity index (χ1v) is 2.69. The van der Waals surface area contributed by atoms with E-state index in [0.29, 0.717) is 5.95 Å². The van der Waals surface area contributed by atoms with Crippen LogP contribution in [0.2, 0.25) is 0 Å². The molecule has 0 aliphatic rings. The number of urea groups is 1. The molecule has 4 N–H and O–H groups in total. The zero-order valence-corrected chi connectivity index (χ0v) is 5.43. The van der Waals surface area contributed by atoms with Gasteiger partial charge in [-0.05, 0) is 6.92 Å². The lowest BCUT2D eigenvalue weighted by molar-refractivity contribution is 0.259. The van der Waals surface area contributed by atoms with E-state index in [-0.39, 0.29) is 0 Å². The number of imidazole rings is 1. The largest absolute Gasteiger partial charge is 0.351 e. The number of aromatic nitrogens is 2. The number of rotatable bonds is 1. The molecule has 0 aliphatic heterocycles. The highest BCUT2D eigenvalue weighted by Crippen LogP contribution is 1.97. The Hall–Kier alpha value is -1.52. The van der Waals surface area contributed by atoms with Gasteiger partial charge in [-0.1, -0.05) is 0 Å². The van der Waals surface area contributed by atoms with Crippen molar-refractivity contribution in [3.05, 3.63) is 11.9 Å². The second-order valence-electron chi connectivity index (χ2n) is 1.81. The van der Waals surface area contributed by atoms with Gasteiger partial charge in [0, 0.05) is 5.69 Å². The van der Waals surface area contributed by atoms with Crippen LogP contribution >= 0.6 is 0 Å². The summed E-state index contributed by atoms with van der Waals surface area (Å²) in [5.74, 6) is 0.324. The third kappa shape index (κ3) is 1.48. The molecule has 0 saturated carbocycles. The smallest absolute Gasteiger partial charge is 0.318 e. The molecule has 2 amide bonds. The molecule has 5 heteroatoms. The van der Waals surface area contributed by atoms with Crippen LogP contribution in [-0.4, -0.2) is 16.0 Å². The first kappa shape index (κ1) is 6.60. The summed E-state index contributed by atoms with van der Waals surface area (Å²) in [5.41, 5.74) is 5.56. The Bertz CT molecular complexity index is 242. The van der Waals surface area contributed by atoms with E-state index < -0.39 is 6.03 Å². The third-order valence-corrected chi connectivity index (χ3v) is 0.883. The van der Waals surface area contributed by atoms with Gasteiger partial charge in [-0.2, -0.15) is 0 Å².